The number of nitrogens with one attached hydrogen (secondary N) is 2. The van der Waals surface area contributed by atoms with Crippen molar-refractivity contribution in [1.29, 1.82) is 0 Å². The first-order chi connectivity index (χ1) is 12.8. The van der Waals surface area contributed by atoms with E-state index >= 15 is 0 Å². The Morgan fingerprint density at radius 1 is 1.11 bits per heavy atom. The topological polar surface area (TPSA) is 88.2 Å². The van der Waals surface area contributed by atoms with Crippen LogP contribution in [0, 0.1) is 13.8 Å². The molecule has 2 aromatic carbocycles. The maximum atomic E-state index is 12.5. The molecule has 1 amide bonds. The zero-order chi connectivity index (χ0) is 19.4. The monoisotopic (exact) mass is 401 g/mol. The number of rotatable bonds is 6. The van der Waals surface area contributed by atoms with Crippen LogP contribution in [0.5, 0.6) is 0 Å². The highest BCUT2D eigenvalue weighted by molar-refractivity contribution is 7.92. The minimum absolute atomic E-state index is 0.170. The summed E-state index contributed by atoms with van der Waals surface area (Å²) in [7, 11) is -3.70. The van der Waals surface area contributed by atoms with Gasteiger partial charge >= 0.3 is 0 Å². The first-order valence-electron chi connectivity index (χ1n) is 8.23. The number of aromatic nitrogens is 1. The lowest BCUT2D eigenvalue weighted by molar-refractivity contribution is -0.115. The second-order valence-electron chi connectivity index (χ2n) is 6.03. The molecule has 1 heterocycles. The molecule has 0 unspecified atom stereocenters. The summed E-state index contributed by atoms with van der Waals surface area (Å²) in [4.78, 5) is 16.7. The predicted molar refractivity (Wildman–Crippen MR) is 108 cm³/mol. The number of hydrogen-bond donors (Lipinski definition) is 2. The Morgan fingerprint density at radius 2 is 1.85 bits per heavy atom. The molecule has 0 atom stereocenters. The number of sulfonamides is 1. The third-order valence-corrected chi connectivity index (χ3v) is 6.03. The zero-order valence-electron chi connectivity index (χ0n) is 14.9. The summed E-state index contributed by atoms with van der Waals surface area (Å²) in [5, 5.41) is 5.54. The van der Waals surface area contributed by atoms with Gasteiger partial charge < -0.3 is 5.32 Å². The Balaban J connectivity index is 1.75. The molecule has 0 aliphatic carbocycles. The molecular formula is C19H19N3O3S2. The second-order valence-corrected chi connectivity index (χ2v) is 8.78. The number of aryl methyl sites for hydroxylation is 2. The molecule has 0 spiro atoms. The highest BCUT2D eigenvalue weighted by atomic mass is 32.2. The number of nitrogens with zero attached hydrogens (tertiary/aromatic N) is 1. The standard InChI is InChI=1S/C19H19N3O3S2/c1-13-8-9-15(21-19(23)11-16-12-26-14(2)20-16)10-18(13)22-27(24,25)17-6-4-3-5-7-17/h3-10,12,22H,11H2,1-2H3,(H,21,23). The van der Waals surface area contributed by atoms with Crippen molar-refractivity contribution in [2.45, 2.75) is 25.2 Å². The SMILES string of the molecule is Cc1nc(CC(=O)Nc2ccc(C)c(NS(=O)(=O)c3ccccc3)c2)cs1. The molecule has 27 heavy (non-hydrogen) atoms. The fourth-order valence-corrected chi connectivity index (χ4v) is 4.23. The quantitative estimate of drug-likeness (QED) is 0.659. The number of carbonyl (C=O) groups excluding carboxylic acids is 1. The van der Waals surface area contributed by atoms with Gasteiger partial charge in [-0.05, 0) is 43.7 Å². The minimum Gasteiger partial charge on any atom is -0.326 e. The molecule has 0 radical (unpaired) electrons. The van der Waals surface area contributed by atoms with Crippen molar-refractivity contribution in [2.75, 3.05) is 10.0 Å². The number of benzene rings is 2. The van der Waals surface area contributed by atoms with E-state index in [9.17, 15) is 13.2 Å². The van der Waals surface area contributed by atoms with Gasteiger partial charge in [-0.15, -0.1) is 11.3 Å². The third kappa shape index (κ3) is 4.93. The number of anilines is 2. The fourth-order valence-electron chi connectivity index (χ4n) is 2.47. The largest absolute Gasteiger partial charge is 0.326 e. The van der Waals surface area contributed by atoms with Gasteiger partial charge in [0.1, 0.15) is 0 Å². The highest BCUT2D eigenvalue weighted by Gasteiger charge is 2.15. The second kappa shape index (κ2) is 7.89. The lowest BCUT2D eigenvalue weighted by atomic mass is 10.2. The Hall–Kier alpha value is -2.71. The van der Waals surface area contributed by atoms with Crippen molar-refractivity contribution < 1.29 is 13.2 Å². The lowest BCUT2D eigenvalue weighted by Gasteiger charge is -2.13. The summed E-state index contributed by atoms with van der Waals surface area (Å²) in [6.45, 7) is 3.68. The number of carbonyl (C=O) groups is 1. The first kappa shape index (κ1) is 19.1. The summed E-state index contributed by atoms with van der Waals surface area (Å²) >= 11 is 1.49. The molecule has 0 aliphatic rings. The van der Waals surface area contributed by atoms with Crippen LogP contribution in [-0.4, -0.2) is 19.3 Å². The van der Waals surface area contributed by atoms with Crippen molar-refractivity contribution in [2.24, 2.45) is 0 Å². The molecule has 0 saturated heterocycles. The molecular weight excluding hydrogens is 382 g/mol. The van der Waals surface area contributed by atoms with E-state index in [2.05, 4.69) is 15.0 Å². The molecule has 2 N–H and O–H groups in total. The van der Waals surface area contributed by atoms with Crippen molar-refractivity contribution >= 4 is 38.6 Å². The van der Waals surface area contributed by atoms with E-state index in [0.717, 1.165) is 10.6 Å². The third-order valence-electron chi connectivity index (χ3n) is 3.83. The molecule has 6 nitrogen and oxygen atoms in total. The van der Waals surface area contributed by atoms with Gasteiger partial charge in [0.25, 0.3) is 10.0 Å². The molecule has 3 rings (SSSR count). The van der Waals surface area contributed by atoms with Gasteiger partial charge in [0.05, 0.1) is 27.7 Å². The van der Waals surface area contributed by atoms with E-state index in [1.165, 1.54) is 23.5 Å². The Labute approximate surface area is 162 Å². The van der Waals surface area contributed by atoms with E-state index in [0.29, 0.717) is 17.1 Å². The molecule has 0 saturated carbocycles. The van der Waals surface area contributed by atoms with Crippen LogP contribution in [0.15, 0.2) is 58.8 Å². The predicted octanol–water partition coefficient (Wildman–Crippen LogP) is 3.74. The summed E-state index contributed by atoms with van der Waals surface area (Å²) < 4.78 is 27.6. The molecule has 0 aliphatic heterocycles. The normalized spacial score (nSPS) is 11.2. The molecule has 0 bridgehead atoms. The van der Waals surface area contributed by atoms with Gasteiger partial charge in [-0.2, -0.15) is 0 Å². The average molecular weight is 402 g/mol. The number of amides is 1. The Bertz CT molecular complexity index is 1060. The van der Waals surface area contributed by atoms with Crippen LogP contribution in [0.25, 0.3) is 0 Å². The number of hydrogen-bond acceptors (Lipinski definition) is 5. The van der Waals surface area contributed by atoms with Crippen molar-refractivity contribution in [3.8, 4) is 0 Å². The Kier molecular flexibility index (Phi) is 5.57. The first-order valence-corrected chi connectivity index (χ1v) is 10.6. The van der Waals surface area contributed by atoms with Crippen LogP contribution < -0.4 is 10.0 Å². The van der Waals surface area contributed by atoms with Gasteiger partial charge in [0.2, 0.25) is 5.91 Å². The Morgan fingerprint density at radius 3 is 2.52 bits per heavy atom. The van der Waals surface area contributed by atoms with Gasteiger partial charge in [0, 0.05) is 11.1 Å². The molecule has 140 valence electrons. The smallest absolute Gasteiger partial charge is 0.261 e. The van der Waals surface area contributed by atoms with E-state index in [4.69, 9.17) is 0 Å². The zero-order valence-corrected chi connectivity index (χ0v) is 16.5. The van der Waals surface area contributed by atoms with Crippen molar-refractivity contribution in [1.82, 2.24) is 4.98 Å². The van der Waals surface area contributed by atoms with E-state index in [-0.39, 0.29) is 17.2 Å². The van der Waals surface area contributed by atoms with E-state index in [1.807, 2.05) is 12.3 Å². The van der Waals surface area contributed by atoms with Crippen LogP contribution in [-0.2, 0) is 21.2 Å². The summed E-state index contributed by atoms with van der Waals surface area (Å²) in [5.41, 5.74) is 2.40. The van der Waals surface area contributed by atoms with E-state index < -0.39 is 10.0 Å². The summed E-state index contributed by atoms with van der Waals surface area (Å²) in [5.74, 6) is -0.207. The highest BCUT2D eigenvalue weighted by Crippen LogP contribution is 2.24. The van der Waals surface area contributed by atoms with Gasteiger partial charge in [-0.3, -0.25) is 9.52 Å². The van der Waals surface area contributed by atoms with Crippen molar-refractivity contribution in [3.63, 3.8) is 0 Å². The van der Waals surface area contributed by atoms with Gasteiger partial charge in [-0.25, -0.2) is 13.4 Å². The van der Waals surface area contributed by atoms with Crippen LogP contribution >= 0.6 is 11.3 Å². The van der Waals surface area contributed by atoms with Crippen molar-refractivity contribution in [3.05, 3.63) is 70.2 Å². The fraction of sp³-hybridized carbons (Fsp3) is 0.158. The summed E-state index contributed by atoms with van der Waals surface area (Å²) in [6, 6.07) is 13.2. The lowest BCUT2D eigenvalue weighted by Crippen LogP contribution is -2.16. The van der Waals surface area contributed by atoms with Crippen LogP contribution in [0.4, 0.5) is 11.4 Å². The van der Waals surface area contributed by atoms with Gasteiger partial charge in [0.15, 0.2) is 0 Å². The van der Waals surface area contributed by atoms with Crippen LogP contribution in [0.3, 0.4) is 0 Å². The molecule has 3 aromatic rings. The average Bonchev–Trinajstić information content (AvgIpc) is 3.03. The minimum atomic E-state index is -3.70. The van der Waals surface area contributed by atoms with Crippen LogP contribution in [0.2, 0.25) is 0 Å². The van der Waals surface area contributed by atoms with Crippen LogP contribution in [0.1, 0.15) is 16.3 Å². The van der Waals surface area contributed by atoms with Gasteiger partial charge in [-0.1, -0.05) is 24.3 Å². The van der Waals surface area contributed by atoms with E-state index in [1.54, 1.807) is 43.3 Å². The number of thiazole rings is 1. The molecule has 0 fully saturated rings. The maximum absolute atomic E-state index is 12.5. The molecule has 1 aromatic heterocycles. The summed E-state index contributed by atoms with van der Waals surface area (Å²) in [6.07, 6.45) is 0.170. The maximum Gasteiger partial charge on any atom is 0.261 e. The molecule has 8 heteroatoms.